The minimum Gasteiger partial charge on any atom is -0.339 e. The second-order valence-electron chi connectivity index (χ2n) is 4.41. The summed E-state index contributed by atoms with van der Waals surface area (Å²) in [6.45, 7) is 1.46. The first-order chi connectivity index (χ1) is 8.08. The van der Waals surface area contributed by atoms with E-state index in [1.807, 2.05) is 7.05 Å². The van der Waals surface area contributed by atoms with Crippen LogP contribution in [0.3, 0.4) is 0 Å². The van der Waals surface area contributed by atoms with E-state index in [0.29, 0.717) is 17.3 Å². The molecule has 0 aromatic heterocycles. The van der Waals surface area contributed by atoms with Crippen LogP contribution in [0.2, 0.25) is 0 Å². The number of hydrogen-bond acceptors (Lipinski definition) is 2. The third-order valence-electron chi connectivity index (χ3n) is 2.87. The van der Waals surface area contributed by atoms with Crippen LogP contribution in [-0.2, 0) is 4.79 Å². The molecule has 0 bridgehead atoms. The van der Waals surface area contributed by atoms with E-state index in [2.05, 4.69) is 5.32 Å². The zero-order valence-electron chi connectivity index (χ0n) is 10.1. The smallest absolute Gasteiger partial charge is 0.253 e. The summed E-state index contributed by atoms with van der Waals surface area (Å²) >= 11 is 0. The number of rotatable bonds is 3. The normalized spacial score (nSPS) is 14.2. The molecule has 90 valence electrons. The molecule has 4 nitrogen and oxygen atoms in total. The fraction of sp³-hybridized carbons (Fsp3) is 0.385. The molecule has 1 fully saturated rings. The lowest BCUT2D eigenvalue weighted by molar-refractivity contribution is -0.114. The van der Waals surface area contributed by atoms with Gasteiger partial charge in [0.25, 0.3) is 5.91 Å². The predicted molar refractivity (Wildman–Crippen MR) is 65.9 cm³/mol. The quantitative estimate of drug-likeness (QED) is 0.865. The summed E-state index contributed by atoms with van der Waals surface area (Å²) in [4.78, 5) is 24.6. The van der Waals surface area contributed by atoms with Crippen molar-refractivity contribution in [3.63, 3.8) is 0 Å². The zero-order chi connectivity index (χ0) is 12.4. The molecule has 2 amide bonds. The first-order valence-electron chi connectivity index (χ1n) is 5.73. The predicted octanol–water partition coefficient (Wildman–Crippen LogP) is 1.88. The lowest BCUT2D eigenvalue weighted by Gasteiger charge is -2.16. The van der Waals surface area contributed by atoms with E-state index >= 15 is 0 Å². The van der Waals surface area contributed by atoms with Gasteiger partial charge in [0.1, 0.15) is 0 Å². The number of nitrogens with one attached hydrogen (secondary N) is 1. The van der Waals surface area contributed by atoms with E-state index in [1.165, 1.54) is 6.92 Å². The average molecular weight is 232 g/mol. The molecular formula is C13H16N2O2. The standard InChI is InChI=1S/C13H16N2O2/c1-9(16)14-11-5-3-10(4-6-11)13(17)15(2)12-7-8-12/h3-6,12H,7-8H2,1-2H3,(H,14,16). The number of nitrogens with zero attached hydrogens (tertiary/aromatic N) is 1. The minimum atomic E-state index is -0.112. The summed E-state index contributed by atoms with van der Waals surface area (Å²) in [6, 6.07) is 7.39. The molecule has 0 radical (unpaired) electrons. The maximum atomic E-state index is 12.0. The molecule has 0 spiro atoms. The van der Waals surface area contributed by atoms with Gasteiger partial charge in [-0.3, -0.25) is 9.59 Å². The van der Waals surface area contributed by atoms with Crippen LogP contribution < -0.4 is 5.32 Å². The second kappa shape index (κ2) is 4.57. The molecule has 1 aliphatic carbocycles. The highest BCUT2D eigenvalue weighted by Crippen LogP contribution is 2.26. The molecule has 0 saturated heterocycles. The Bertz CT molecular complexity index is 435. The third-order valence-corrected chi connectivity index (χ3v) is 2.87. The van der Waals surface area contributed by atoms with E-state index in [-0.39, 0.29) is 11.8 Å². The zero-order valence-corrected chi connectivity index (χ0v) is 10.1. The van der Waals surface area contributed by atoms with E-state index in [0.717, 1.165) is 12.8 Å². The Labute approximate surface area is 101 Å². The summed E-state index contributed by atoms with van der Waals surface area (Å²) in [5, 5.41) is 2.67. The molecule has 1 saturated carbocycles. The molecule has 1 aliphatic rings. The molecule has 0 unspecified atom stereocenters. The highest BCUT2D eigenvalue weighted by molar-refractivity contribution is 5.95. The summed E-state index contributed by atoms with van der Waals surface area (Å²) < 4.78 is 0. The fourth-order valence-electron chi connectivity index (χ4n) is 1.73. The molecule has 0 heterocycles. The van der Waals surface area contributed by atoms with Crippen molar-refractivity contribution in [1.82, 2.24) is 4.90 Å². The number of hydrogen-bond donors (Lipinski definition) is 1. The maximum Gasteiger partial charge on any atom is 0.253 e. The Morgan fingerprint density at radius 1 is 1.24 bits per heavy atom. The Hall–Kier alpha value is -1.84. The largest absolute Gasteiger partial charge is 0.339 e. The van der Waals surface area contributed by atoms with Crippen molar-refractivity contribution in [3.8, 4) is 0 Å². The van der Waals surface area contributed by atoms with Gasteiger partial charge >= 0.3 is 0 Å². The Morgan fingerprint density at radius 3 is 2.29 bits per heavy atom. The third kappa shape index (κ3) is 2.84. The van der Waals surface area contributed by atoms with Crippen LogP contribution in [0.5, 0.6) is 0 Å². The average Bonchev–Trinajstić information content (AvgIpc) is 3.11. The van der Waals surface area contributed by atoms with Gasteiger partial charge in [0, 0.05) is 31.3 Å². The van der Waals surface area contributed by atoms with Crippen LogP contribution in [0.25, 0.3) is 0 Å². The second-order valence-corrected chi connectivity index (χ2v) is 4.41. The van der Waals surface area contributed by atoms with Crippen molar-refractivity contribution in [1.29, 1.82) is 0 Å². The molecular weight excluding hydrogens is 216 g/mol. The van der Waals surface area contributed by atoms with Crippen LogP contribution in [0.1, 0.15) is 30.1 Å². The lowest BCUT2D eigenvalue weighted by Crippen LogP contribution is -2.28. The molecule has 1 aromatic rings. The topological polar surface area (TPSA) is 49.4 Å². The van der Waals surface area contributed by atoms with Gasteiger partial charge in [-0.25, -0.2) is 0 Å². The Balaban J connectivity index is 2.06. The number of anilines is 1. The van der Waals surface area contributed by atoms with Crippen molar-refractivity contribution in [2.75, 3.05) is 12.4 Å². The first-order valence-corrected chi connectivity index (χ1v) is 5.73. The van der Waals surface area contributed by atoms with Crippen LogP contribution in [0, 0.1) is 0 Å². The van der Waals surface area contributed by atoms with Gasteiger partial charge in [-0.2, -0.15) is 0 Å². The monoisotopic (exact) mass is 232 g/mol. The number of carbonyl (C=O) groups excluding carboxylic acids is 2. The van der Waals surface area contributed by atoms with Crippen LogP contribution in [0.4, 0.5) is 5.69 Å². The van der Waals surface area contributed by atoms with Gasteiger partial charge < -0.3 is 10.2 Å². The Kier molecular flexibility index (Phi) is 3.13. The van der Waals surface area contributed by atoms with E-state index in [1.54, 1.807) is 29.2 Å². The molecule has 0 aliphatic heterocycles. The van der Waals surface area contributed by atoms with Gasteiger partial charge in [0.2, 0.25) is 5.91 Å². The molecule has 4 heteroatoms. The highest BCUT2D eigenvalue weighted by Gasteiger charge is 2.29. The summed E-state index contributed by atoms with van der Waals surface area (Å²) in [5.74, 6) is -0.0685. The molecule has 1 aromatic carbocycles. The number of amides is 2. The van der Waals surface area contributed by atoms with Crippen LogP contribution in [-0.4, -0.2) is 29.8 Å². The summed E-state index contributed by atoms with van der Waals surface area (Å²) in [7, 11) is 1.84. The lowest BCUT2D eigenvalue weighted by atomic mass is 10.2. The van der Waals surface area contributed by atoms with E-state index in [9.17, 15) is 9.59 Å². The van der Waals surface area contributed by atoms with Crippen molar-refractivity contribution < 1.29 is 9.59 Å². The van der Waals surface area contributed by atoms with E-state index < -0.39 is 0 Å². The SMILES string of the molecule is CC(=O)Nc1ccc(C(=O)N(C)C2CC2)cc1. The first kappa shape index (κ1) is 11.6. The summed E-state index contributed by atoms with van der Waals surface area (Å²) in [5.41, 5.74) is 1.37. The van der Waals surface area contributed by atoms with Crippen molar-refractivity contribution in [2.24, 2.45) is 0 Å². The van der Waals surface area contributed by atoms with Crippen LogP contribution >= 0.6 is 0 Å². The minimum absolute atomic E-state index is 0.0434. The van der Waals surface area contributed by atoms with Crippen molar-refractivity contribution in [2.45, 2.75) is 25.8 Å². The highest BCUT2D eigenvalue weighted by atomic mass is 16.2. The van der Waals surface area contributed by atoms with Gasteiger partial charge in [-0.1, -0.05) is 0 Å². The van der Waals surface area contributed by atoms with Gasteiger partial charge in [-0.15, -0.1) is 0 Å². The summed E-state index contributed by atoms with van der Waals surface area (Å²) in [6.07, 6.45) is 2.21. The van der Waals surface area contributed by atoms with E-state index in [4.69, 9.17) is 0 Å². The van der Waals surface area contributed by atoms with Crippen LogP contribution in [0.15, 0.2) is 24.3 Å². The van der Waals surface area contributed by atoms with Gasteiger partial charge in [0.05, 0.1) is 0 Å². The van der Waals surface area contributed by atoms with Gasteiger partial charge in [0.15, 0.2) is 0 Å². The van der Waals surface area contributed by atoms with Crippen molar-refractivity contribution in [3.05, 3.63) is 29.8 Å². The van der Waals surface area contributed by atoms with Crippen molar-refractivity contribution >= 4 is 17.5 Å². The fourth-order valence-corrected chi connectivity index (χ4v) is 1.73. The van der Waals surface area contributed by atoms with Gasteiger partial charge in [-0.05, 0) is 37.1 Å². The molecule has 0 atom stereocenters. The Morgan fingerprint density at radius 2 is 1.82 bits per heavy atom. The number of benzene rings is 1. The number of carbonyl (C=O) groups is 2. The molecule has 2 rings (SSSR count). The molecule has 17 heavy (non-hydrogen) atoms. The molecule has 1 N–H and O–H groups in total. The maximum absolute atomic E-state index is 12.0.